The van der Waals surface area contributed by atoms with E-state index < -0.39 is 8.80 Å². The van der Waals surface area contributed by atoms with Gasteiger partial charge in [-0.15, -0.1) is 0 Å². The zero-order valence-electron chi connectivity index (χ0n) is 13.8. The topological polar surface area (TPSA) is 55.4 Å². The van der Waals surface area contributed by atoms with E-state index in [1.165, 1.54) is 0 Å². The van der Waals surface area contributed by atoms with Gasteiger partial charge in [0.2, 0.25) is 0 Å². The van der Waals surface area contributed by atoms with Gasteiger partial charge < -0.3 is 27.5 Å². The Morgan fingerprint density at radius 1 is 0.650 bits per heavy atom. The van der Waals surface area contributed by atoms with E-state index in [0.29, 0.717) is 19.3 Å². The average molecular weight is 310 g/mol. The number of methoxy groups -OCH3 is 3. The van der Waals surface area contributed by atoms with Gasteiger partial charge in [0.25, 0.3) is 0 Å². The molecule has 0 aromatic rings. The zero-order chi connectivity index (χ0) is 15.6. The minimum absolute atomic E-state index is 0.365. The van der Waals surface area contributed by atoms with Gasteiger partial charge >= 0.3 is 8.80 Å². The predicted molar refractivity (Wildman–Crippen MR) is 78.1 cm³/mol. The molecule has 0 heterocycles. The summed E-state index contributed by atoms with van der Waals surface area (Å²) >= 11 is 0. The minimum atomic E-state index is -2.94. The van der Waals surface area contributed by atoms with Gasteiger partial charge in [-0.05, 0) is 19.3 Å². The van der Waals surface area contributed by atoms with Crippen molar-refractivity contribution in [3.05, 3.63) is 0 Å². The molecule has 0 aliphatic rings. The molecule has 122 valence electrons. The summed E-state index contributed by atoms with van der Waals surface area (Å²) in [6, 6.07) is 0. The fraction of sp³-hybridized carbons (Fsp3) is 1.00. The Hall–Kier alpha value is -0.0231. The standard InChI is InChI=1S/C13H30O6Si/c1-8-11(14-4)17-20(7,18-12(9-2)15-5)19-13(10-3)16-6/h11-13H,8-10H2,1-7H3. The van der Waals surface area contributed by atoms with Crippen LogP contribution in [0.25, 0.3) is 0 Å². The second-order valence-corrected chi connectivity index (χ2v) is 6.87. The zero-order valence-corrected chi connectivity index (χ0v) is 14.8. The summed E-state index contributed by atoms with van der Waals surface area (Å²) in [7, 11) is 1.86. The Bertz CT molecular complexity index is 193. The van der Waals surface area contributed by atoms with Crippen molar-refractivity contribution >= 4 is 8.80 Å². The predicted octanol–water partition coefficient (Wildman–Crippen LogP) is 2.75. The molecule has 0 bridgehead atoms. The lowest BCUT2D eigenvalue weighted by Crippen LogP contribution is -2.51. The molecule has 0 N–H and O–H groups in total. The van der Waals surface area contributed by atoms with Crippen molar-refractivity contribution in [3.63, 3.8) is 0 Å². The Morgan fingerprint density at radius 2 is 0.900 bits per heavy atom. The largest absolute Gasteiger partial charge is 0.503 e. The first-order valence-corrected chi connectivity index (χ1v) is 9.32. The molecule has 0 aromatic heterocycles. The van der Waals surface area contributed by atoms with Gasteiger partial charge in [0.1, 0.15) is 0 Å². The fourth-order valence-electron chi connectivity index (χ4n) is 1.69. The van der Waals surface area contributed by atoms with Gasteiger partial charge in [-0.2, -0.15) is 0 Å². The number of hydrogen-bond acceptors (Lipinski definition) is 6. The molecular weight excluding hydrogens is 280 g/mol. The van der Waals surface area contributed by atoms with E-state index in [1.807, 2.05) is 27.3 Å². The van der Waals surface area contributed by atoms with E-state index in [4.69, 9.17) is 27.5 Å². The summed E-state index contributed by atoms with van der Waals surface area (Å²) in [6.45, 7) is 7.76. The van der Waals surface area contributed by atoms with Crippen LogP contribution >= 0.6 is 0 Å². The van der Waals surface area contributed by atoms with Gasteiger partial charge in [0.15, 0.2) is 18.9 Å². The van der Waals surface area contributed by atoms with Crippen LogP contribution in [-0.4, -0.2) is 49.0 Å². The maximum Gasteiger partial charge on any atom is 0.503 e. The van der Waals surface area contributed by atoms with E-state index in [0.717, 1.165) is 0 Å². The highest BCUT2D eigenvalue weighted by Crippen LogP contribution is 2.21. The van der Waals surface area contributed by atoms with Crippen molar-refractivity contribution in [2.75, 3.05) is 21.3 Å². The summed E-state index contributed by atoms with van der Waals surface area (Å²) < 4.78 is 33.5. The molecule has 0 saturated carbocycles. The normalized spacial score (nSPS) is 19.4. The van der Waals surface area contributed by atoms with Crippen LogP contribution in [0.4, 0.5) is 0 Å². The highest BCUT2D eigenvalue weighted by atomic mass is 28.4. The second kappa shape index (κ2) is 10.7. The van der Waals surface area contributed by atoms with Crippen LogP contribution in [0.2, 0.25) is 6.55 Å². The molecule has 3 atom stereocenters. The summed E-state index contributed by atoms with van der Waals surface area (Å²) in [6.07, 6.45) is 1.03. The van der Waals surface area contributed by atoms with Crippen molar-refractivity contribution in [3.8, 4) is 0 Å². The van der Waals surface area contributed by atoms with Gasteiger partial charge in [-0.3, -0.25) is 0 Å². The van der Waals surface area contributed by atoms with E-state index in [2.05, 4.69) is 0 Å². The molecule has 0 amide bonds. The molecule has 0 aliphatic carbocycles. The Labute approximate surface area is 124 Å². The van der Waals surface area contributed by atoms with Gasteiger partial charge in [-0.25, -0.2) is 0 Å². The number of rotatable bonds is 12. The van der Waals surface area contributed by atoms with E-state index >= 15 is 0 Å². The first-order valence-electron chi connectivity index (χ1n) is 7.10. The SMILES string of the molecule is CCC(OC)O[Si](C)(OC(CC)OC)OC(CC)OC. The first-order chi connectivity index (χ1) is 9.48. The van der Waals surface area contributed by atoms with Crippen LogP contribution in [0.1, 0.15) is 40.0 Å². The minimum Gasteiger partial charge on any atom is -0.357 e. The Kier molecular flexibility index (Phi) is 10.7. The van der Waals surface area contributed by atoms with Crippen molar-refractivity contribution in [1.29, 1.82) is 0 Å². The molecule has 0 fully saturated rings. The molecule has 0 rings (SSSR count). The van der Waals surface area contributed by atoms with E-state index in [-0.39, 0.29) is 18.9 Å². The molecule has 0 spiro atoms. The molecular formula is C13H30O6Si. The smallest absolute Gasteiger partial charge is 0.357 e. The number of hydrogen-bond donors (Lipinski definition) is 0. The van der Waals surface area contributed by atoms with E-state index in [1.54, 1.807) is 21.3 Å². The summed E-state index contributed by atoms with van der Waals surface area (Å²) in [4.78, 5) is 0. The summed E-state index contributed by atoms with van der Waals surface area (Å²) in [5, 5.41) is 0. The highest BCUT2D eigenvalue weighted by Gasteiger charge is 2.42. The lowest BCUT2D eigenvalue weighted by molar-refractivity contribution is -0.173. The Balaban J connectivity index is 4.89. The maximum atomic E-state index is 5.92. The second-order valence-electron chi connectivity index (χ2n) is 4.44. The molecule has 7 heteroatoms. The van der Waals surface area contributed by atoms with Crippen molar-refractivity contribution in [2.24, 2.45) is 0 Å². The summed E-state index contributed by atoms with van der Waals surface area (Å²) in [5.41, 5.74) is 0. The fourth-order valence-corrected chi connectivity index (χ4v) is 4.08. The van der Waals surface area contributed by atoms with Gasteiger partial charge in [0.05, 0.1) is 0 Å². The molecule has 0 aromatic carbocycles. The monoisotopic (exact) mass is 310 g/mol. The van der Waals surface area contributed by atoms with E-state index in [9.17, 15) is 0 Å². The maximum absolute atomic E-state index is 5.92. The molecule has 20 heavy (non-hydrogen) atoms. The van der Waals surface area contributed by atoms with Crippen LogP contribution in [0.5, 0.6) is 0 Å². The highest BCUT2D eigenvalue weighted by molar-refractivity contribution is 6.59. The number of ether oxygens (including phenoxy) is 3. The van der Waals surface area contributed by atoms with Gasteiger partial charge in [0, 0.05) is 27.9 Å². The van der Waals surface area contributed by atoms with Crippen molar-refractivity contribution in [2.45, 2.75) is 65.5 Å². The molecule has 0 aliphatic heterocycles. The van der Waals surface area contributed by atoms with Crippen LogP contribution < -0.4 is 0 Å². The van der Waals surface area contributed by atoms with Crippen LogP contribution in [0.15, 0.2) is 0 Å². The average Bonchev–Trinajstić information content (AvgIpc) is 2.48. The molecule has 3 unspecified atom stereocenters. The third-order valence-electron chi connectivity index (χ3n) is 2.83. The van der Waals surface area contributed by atoms with Gasteiger partial charge in [-0.1, -0.05) is 20.8 Å². The van der Waals surface area contributed by atoms with Crippen LogP contribution in [0, 0.1) is 0 Å². The lowest BCUT2D eigenvalue weighted by atomic mass is 10.5. The first kappa shape index (κ1) is 20.0. The van der Waals surface area contributed by atoms with Crippen LogP contribution in [-0.2, 0) is 27.5 Å². The van der Waals surface area contributed by atoms with Crippen molar-refractivity contribution < 1.29 is 27.5 Å². The molecule has 6 nitrogen and oxygen atoms in total. The summed E-state index contributed by atoms with van der Waals surface area (Å²) in [5.74, 6) is 0. The quantitative estimate of drug-likeness (QED) is 0.408. The molecule has 0 radical (unpaired) electrons. The third-order valence-corrected chi connectivity index (χ3v) is 4.90. The van der Waals surface area contributed by atoms with Crippen LogP contribution in [0.3, 0.4) is 0 Å². The molecule has 0 saturated heterocycles. The third kappa shape index (κ3) is 7.12. The van der Waals surface area contributed by atoms with Crippen molar-refractivity contribution in [1.82, 2.24) is 0 Å². The lowest BCUT2D eigenvalue weighted by Gasteiger charge is -2.34. The Morgan fingerprint density at radius 3 is 1.05 bits per heavy atom.